The van der Waals surface area contributed by atoms with E-state index in [4.69, 9.17) is 21.1 Å². The predicted molar refractivity (Wildman–Crippen MR) is 152 cm³/mol. The number of carbonyl (C=O) groups excluding carboxylic acids is 1. The van der Waals surface area contributed by atoms with Gasteiger partial charge in [-0.05, 0) is 106 Å². The van der Waals surface area contributed by atoms with Crippen molar-refractivity contribution in [3.8, 4) is 11.6 Å². The van der Waals surface area contributed by atoms with Crippen molar-refractivity contribution in [3.63, 3.8) is 0 Å². The number of carbonyl (C=O) groups is 1. The van der Waals surface area contributed by atoms with Gasteiger partial charge in [-0.3, -0.25) is 18.8 Å². The van der Waals surface area contributed by atoms with Crippen molar-refractivity contribution >= 4 is 29.5 Å². The number of alkyl halides is 2. The summed E-state index contributed by atoms with van der Waals surface area (Å²) in [6, 6.07) is 7.43. The van der Waals surface area contributed by atoms with Crippen molar-refractivity contribution in [2.24, 2.45) is 0 Å². The first-order valence-corrected chi connectivity index (χ1v) is 14.9. The van der Waals surface area contributed by atoms with Crippen molar-refractivity contribution in [3.05, 3.63) is 52.2 Å². The third-order valence-corrected chi connectivity index (χ3v) is 8.37. The largest absolute Gasteiger partial charge is 0.490 e. The van der Waals surface area contributed by atoms with E-state index in [0.29, 0.717) is 73.0 Å². The molecule has 1 aromatic heterocycles. The molecule has 39 heavy (non-hydrogen) atoms. The third kappa shape index (κ3) is 8.69. The molecule has 1 N–H and O–H groups in total. The Morgan fingerprint density at radius 1 is 1.21 bits per heavy atom. The standard InChI is InChI=1S/C28H35ClFN3O3S.CH3F/c1-18(2)36-27-24(29)13-19(15-31-27)16-33-11-9-28(30,10-12-33)17-35-25-8-5-21(14-23(25)20-3-4-20)26(34)32-37-22-6-7-22;1-2/h5,8,13-15,18,20,22H,3-4,6-7,9-12,16-17H2,1-2H3,(H,32,34);1H3. The van der Waals surface area contributed by atoms with Crippen LogP contribution in [0.2, 0.25) is 5.02 Å². The number of hydrogen-bond donors (Lipinski definition) is 1. The highest BCUT2D eigenvalue weighted by atomic mass is 35.5. The van der Waals surface area contributed by atoms with Gasteiger partial charge in [-0.25, -0.2) is 9.37 Å². The van der Waals surface area contributed by atoms with Crippen LogP contribution in [0.5, 0.6) is 11.6 Å². The average Bonchev–Trinajstić information content (AvgIpc) is 3.85. The molecule has 3 aliphatic rings. The van der Waals surface area contributed by atoms with Gasteiger partial charge in [0, 0.05) is 36.6 Å². The zero-order chi connectivity index (χ0) is 28.0. The summed E-state index contributed by atoms with van der Waals surface area (Å²) in [4.78, 5) is 19.1. The smallest absolute Gasteiger partial charge is 0.261 e. The molecule has 2 aliphatic carbocycles. The number of hydrogen-bond acceptors (Lipinski definition) is 6. The van der Waals surface area contributed by atoms with Crippen molar-refractivity contribution in [1.82, 2.24) is 14.6 Å². The number of likely N-dealkylation sites (tertiary alicyclic amines) is 1. The fourth-order valence-electron chi connectivity index (χ4n) is 4.50. The van der Waals surface area contributed by atoms with Crippen LogP contribution in [0.25, 0.3) is 0 Å². The molecule has 0 atom stereocenters. The molecule has 10 heteroatoms. The molecular formula is C29H38ClF2N3O3S. The summed E-state index contributed by atoms with van der Waals surface area (Å²) in [7, 11) is 0.500. The summed E-state index contributed by atoms with van der Waals surface area (Å²) >= 11 is 7.84. The summed E-state index contributed by atoms with van der Waals surface area (Å²) < 4.78 is 39.8. The molecule has 0 unspecified atom stereocenters. The quantitative estimate of drug-likeness (QED) is 0.291. The van der Waals surface area contributed by atoms with Gasteiger partial charge in [0.05, 0.1) is 13.3 Å². The molecule has 1 amide bonds. The maximum Gasteiger partial charge on any atom is 0.261 e. The number of benzene rings is 1. The molecule has 5 rings (SSSR count). The molecule has 0 radical (unpaired) electrons. The molecule has 214 valence electrons. The first-order valence-electron chi connectivity index (χ1n) is 13.6. The summed E-state index contributed by atoms with van der Waals surface area (Å²) in [5, 5.41) is 1.05. The number of rotatable bonds is 11. The van der Waals surface area contributed by atoms with Gasteiger partial charge in [-0.2, -0.15) is 0 Å². The minimum Gasteiger partial charge on any atom is -0.490 e. The van der Waals surface area contributed by atoms with Crippen LogP contribution in [0.1, 0.15) is 79.8 Å². The van der Waals surface area contributed by atoms with Gasteiger partial charge in [0.15, 0.2) is 0 Å². The van der Waals surface area contributed by atoms with Crippen molar-refractivity contribution < 1.29 is 23.0 Å². The Morgan fingerprint density at radius 3 is 2.54 bits per heavy atom. The van der Waals surface area contributed by atoms with Crippen molar-refractivity contribution in [2.75, 3.05) is 26.9 Å². The lowest BCUT2D eigenvalue weighted by Gasteiger charge is -2.36. The zero-order valence-electron chi connectivity index (χ0n) is 22.9. The number of pyridine rings is 1. The zero-order valence-corrected chi connectivity index (χ0v) is 24.4. The minimum atomic E-state index is -1.38. The van der Waals surface area contributed by atoms with Gasteiger partial charge in [-0.15, -0.1) is 0 Å². The van der Waals surface area contributed by atoms with Gasteiger partial charge in [0.2, 0.25) is 5.88 Å². The van der Waals surface area contributed by atoms with Gasteiger partial charge in [-0.1, -0.05) is 11.6 Å². The summed E-state index contributed by atoms with van der Waals surface area (Å²) in [5.41, 5.74) is 1.28. The summed E-state index contributed by atoms with van der Waals surface area (Å²) in [6.07, 6.45) is 7.08. The highest BCUT2D eigenvalue weighted by Crippen LogP contribution is 2.45. The van der Waals surface area contributed by atoms with E-state index in [0.717, 1.165) is 24.0 Å². The lowest BCUT2D eigenvalue weighted by Crippen LogP contribution is -2.44. The Morgan fingerprint density at radius 2 is 1.92 bits per heavy atom. The van der Waals surface area contributed by atoms with Crippen molar-refractivity contribution in [1.29, 1.82) is 0 Å². The molecule has 1 aliphatic heterocycles. The van der Waals surface area contributed by atoms with Gasteiger partial charge < -0.3 is 9.47 Å². The van der Waals surface area contributed by atoms with E-state index in [1.807, 2.05) is 32.0 Å². The van der Waals surface area contributed by atoms with Crippen LogP contribution < -0.4 is 14.2 Å². The average molecular weight is 582 g/mol. The van der Waals surface area contributed by atoms with Gasteiger partial charge >= 0.3 is 0 Å². The Bertz CT molecular complexity index is 1120. The summed E-state index contributed by atoms with van der Waals surface area (Å²) in [6.45, 7) is 5.83. The highest BCUT2D eigenvalue weighted by Gasteiger charge is 2.36. The van der Waals surface area contributed by atoms with E-state index in [1.165, 1.54) is 24.8 Å². The Labute approximate surface area is 239 Å². The molecule has 2 heterocycles. The fraction of sp³-hybridized carbons (Fsp3) is 0.586. The number of nitrogens with zero attached hydrogens (tertiary/aromatic N) is 2. The van der Waals surface area contributed by atoms with E-state index in [1.54, 1.807) is 12.3 Å². The Balaban J connectivity index is 0.00000172. The number of piperidine rings is 1. The van der Waals surface area contributed by atoms with Crippen LogP contribution in [0.4, 0.5) is 8.78 Å². The fourth-order valence-corrected chi connectivity index (χ4v) is 5.50. The van der Waals surface area contributed by atoms with Crippen LogP contribution in [0, 0.1) is 0 Å². The second kappa shape index (κ2) is 13.5. The van der Waals surface area contributed by atoms with Gasteiger partial charge in [0.25, 0.3) is 5.91 Å². The molecule has 6 nitrogen and oxygen atoms in total. The van der Waals surface area contributed by atoms with Crippen LogP contribution >= 0.6 is 23.5 Å². The first-order chi connectivity index (χ1) is 18.8. The maximum absolute atomic E-state index is 15.7. The van der Waals surface area contributed by atoms with Crippen LogP contribution in [-0.4, -0.2) is 59.7 Å². The van der Waals surface area contributed by atoms with Crippen LogP contribution in [0.15, 0.2) is 30.5 Å². The van der Waals surface area contributed by atoms with E-state index in [2.05, 4.69) is 14.6 Å². The molecule has 1 aromatic carbocycles. The van der Waals surface area contributed by atoms with E-state index < -0.39 is 5.67 Å². The maximum atomic E-state index is 15.7. The monoisotopic (exact) mass is 581 g/mol. The highest BCUT2D eigenvalue weighted by molar-refractivity contribution is 7.98. The molecule has 2 aromatic rings. The first kappa shape index (κ1) is 29.9. The summed E-state index contributed by atoms with van der Waals surface area (Å²) in [5.74, 6) is 1.47. The molecule has 1 saturated heterocycles. The van der Waals surface area contributed by atoms with Crippen LogP contribution in [-0.2, 0) is 6.54 Å². The SMILES string of the molecule is CC(C)Oc1ncc(CN2CCC(F)(COc3ccc(C(=O)NSC4CC4)cc3C3CC3)CC2)cc1Cl.CF. The second-order valence-electron chi connectivity index (χ2n) is 10.8. The number of ether oxygens (including phenoxy) is 2. The van der Waals surface area contributed by atoms with E-state index in [-0.39, 0.29) is 18.6 Å². The normalized spacial score (nSPS) is 18.7. The number of amides is 1. The van der Waals surface area contributed by atoms with Crippen LogP contribution in [0.3, 0.4) is 0 Å². The molecular weight excluding hydrogens is 544 g/mol. The Kier molecular flexibility index (Phi) is 10.3. The molecule has 0 spiro atoms. The van der Waals surface area contributed by atoms with E-state index in [9.17, 15) is 9.18 Å². The third-order valence-electron chi connectivity index (χ3n) is 6.99. The number of aromatic nitrogens is 1. The lowest BCUT2D eigenvalue weighted by molar-refractivity contribution is 0.0149. The predicted octanol–water partition coefficient (Wildman–Crippen LogP) is 6.91. The molecule has 3 fully saturated rings. The Hall–Kier alpha value is -2.10. The lowest BCUT2D eigenvalue weighted by atomic mass is 9.94. The molecule has 0 bridgehead atoms. The van der Waals surface area contributed by atoms with Crippen molar-refractivity contribution in [2.45, 2.75) is 81.9 Å². The second-order valence-corrected chi connectivity index (χ2v) is 12.3. The minimum absolute atomic E-state index is 0.00618. The topological polar surface area (TPSA) is 63.7 Å². The van der Waals surface area contributed by atoms with Gasteiger partial charge in [0.1, 0.15) is 23.0 Å². The number of halogens is 3. The van der Waals surface area contributed by atoms with E-state index >= 15 is 4.39 Å². The molecule has 2 saturated carbocycles. The number of nitrogens with one attached hydrogen (secondary N) is 1.